The van der Waals surface area contributed by atoms with Crippen LogP contribution in [0.4, 0.5) is 11.5 Å². The highest BCUT2D eigenvalue weighted by atomic mass is 32.2. The van der Waals surface area contributed by atoms with Crippen LogP contribution in [0.1, 0.15) is 30.6 Å². The molecular weight excluding hydrogens is 328 g/mol. The van der Waals surface area contributed by atoms with Crippen molar-refractivity contribution in [2.75, 3.05) is 11.1 Å². The summed E-state index contributed by atoms with van der Waals surface area (Å²) in [5.41, 5.74) is 6.36. The van der Waals surface area contributed by atoms with Gasteiger partial charge in [0.25, 0.3) is 5.56 Å². The van der Waals surface area contributed by atoms with E-state index in [1.807, 2.05) is 6.92 Å². The average molecular weight is 346 g/mol. The topological polar surface area (TPSA) is 118 Å². The second-order valence-corrected chi connectivity index (χ2v) is 6.30. The van der Waals surface area contributed by atoms with Crippen molar-refractivity contribution in [3.63, 3.8) is 0 Å². The van der Waals surface area contributed by atoms with Gasteiger partial charge in [-0.05, 0) is 37.6 Å². The molecule has 126 valence electrons. The molecule has 8 heteroatoms. The van der Waals surface area contributed by atoms with Gasteiger partial charge in [0.15, 0.2) is 10.9 Å². The van der Waals surface area contributed by atoms with Crippen molar-refractivity contribution in [2.24, 2.45) is 0 Å². The second-order valence-electron chi connectivity index (χ2n) is 5.11. The van der Waals surface area contributed by atoms with E-state index in [-0.39, 0.29) is 23.1 Å². The average Bonchev–Trinajstić information content (AvgIpc) is 2.52. The van der Waals surface area contributed by atoms with E-state index < -0.39 is 5.25 Å². The van der Waals surface area contributed by atoms with Crippen molar-refractivity contribution in [3.8, 4) is 0 Å². The molecule has 7 nitrogen and oxygen atoms in total. The highest BCUT2D eigenvalue weighted by Gasteiger charge is 2.19. The Morgan fingerprint density at radius 2 is 2.00 bits per heavy atom. The maximum atomic E-state index is 12.4. The minimum absolute atomic E-state index is 0.0356. The number of hydrogen-bond donors (Lipinski definition) is 3. The number of thioether (sulfide) groups is 1. The molecule has 0 aliphatic carbocycles. The molecule has 1 atom stereocenters. The number of amides is 1. The van der Waals surface area contributed by atoms with E-state index in [0.717, 1.165) is 11.8 Å². The fourth-order valence-corrected chi connectivity index (χ4v) is 2.90. The van der Waals surface area contributed by atoms with Gasteiger partial charge in [-0.25, -0.2) is 4.98 Å². The Morgan fingerprint density at radius 1 is 1.33 bits per heavy atom. The summed E-state index contributed by atoms with van der Waals surface area (Å²) < 4.78 is 0. The zero-order chi connectivity index (χ0) is 17.7. The zero-order valence-corrected chi connectivity index (χ0v) is 14.1. The number of nitrogens with two attached hydrogens (primary N) is 1. The number of anilines is 2. The van der Waals surface area contributed by atoms with Gasteiger partial charge in [0.2, 0.25) is 5.91 Å². The van der Waals surface area contributed by atoms with Gasteiger partial charge in [0.1, 0.15) is 5.82 Å². The lowest BCUT2D eigenvalue weighted by Gasteiger charge is -2.14. The van der Waals surface area contributed by atoms with Crippen molar-refractivity contribution in [2.45, 2.75) is 30.7 Å². The van der Waals surface area contributed by atoms with Crippen LogP contribution in [0.25, 0.3) is 0 Å². The van der Waals surface area contributed by atoms with E-state index in [2.05, 4.69) is 15.3 Å². The van der Waals surface area contributed by atoms with Gasteiger partial charge in [-0.15, -0.1) is 0 Å². The summed E-state index contributed by atoms with van der Waals surface area (Å²) in [7, 11) is 0. The molecule has 1 aromatic heterocycles. The first-order valence-electron chi connectivity index (χ1n) is 7.34. The third-order valence-corrected chi connectivity index (χ3v) is 4.46. The van der Waals surface area contributed by atoms with Crippen LogP contribution < -0.4 is 16.6 Å². The molecule has 0 aliphatic heterocycles. The maximum absolute atomic E-state index is 12.4. The Morgan fingerprint density at radius 3 is 2.54 bits per heavy atom. The van der Waals surface area contributed by atoms with E-state index >= 15 is 0 Å². The summed E-state index contributed by atoms with van der Waals surface area (Å²) in [4.78, 5) is 41.6. The first-order valence-corrected chi connectivity index (χ1v) is 8.22. The van der Waals surface area contributed by atoms with Crippen molar-refractivity contribution >= 4 is 35.0 Å². The number of carbonyl (C=O) groups is 2. The van der Waals surface area contributed by atoms with Gasteiger partial charge in [-0.2, -0.15) is 0 Å². The van der Waals surface area contributed by atoms with Crippen LogP contribution in [-0.4, -0.2) is 26.9 Å². The fourth-order valence-electron chi connectivity index (χ4n) is 1.98. The van der Waals surface area contributed by atoms with Crippen LogP contribution in [0.5, 0.6) is 0 Å². The van der Waals surface area contributed by atoms with E-state index in [4.69, 9.17) is 5.73 Å². The van der Waals surface area contributed by atoms with Crippen molar-refractivity contribution in [1.29, 1.82) is 0 Å². The smallest absolute Gasteiger partial charge is 0.253 e. The number of aromatic nitrogens is 2. The third-order valence-electron chi connectivity index (χ3n) is 3.22. The number of hydrogen-bond acceptors (Lipinski definition) is 6. The van der Waals surface area contributed by atoms with Crippen molar-refractivity contribution < 1.29 is 9.59 Å². The molecule has 0 radical (unpaired) electrons. The maximum Gasteiger partial charge on any atom is 0.253 e. The van der Waals surface area contributed by atoms with Crippen LogP contribution in [-0.2, 0) is 4.79 Å². The monoisotopic (exact) mass is 346 g/mol. The third kappa shape index (κ3) is 4.69. The number of Topliss-reactive ketones (excluding diaryl/α,β-unsaturated/α-hetero) is 1. The zero-order valence-electron chi connectivity index (χ0n) is 13.3. The Hall–Kier alpha value is -2.61. The number of carbonyl (C=O) groups excluding carboxylic acids is 2. The summed E-state index contributed by atoms with van der Waals surface area (Å²) in [6.45, 7) is 3.34. The number of rotatable bonds is 6. The summed E-state index contributed by atoms with van der Waals surface area (Å²) in [5.74, 6) is -0.147. The second kappa shape index (κ2) is 7.78. The molecule has 0 saturated heterocycles. The molecule has 0 fully saturated rings. The lowest BCUT2D eigenvalue weighted by Crippen LogP contribution is -2.25. The predicted molar refractivity (Wildman–Crippen MR) is 94.3 cm³/mol. The lowest BCUT2D eigenvalue weighted by atomic mass is 10.1. The number of H-pyrrole nitrogens is 1. The van der Waals surface area contributed by atoms with Crippen molar-refractivity contribution in [3.05, 3.63) is 46.2 Å². The Balaban J connectivity index is 2.08. The molecule has 0 spiro atoms. The first-order chi connectivity index (χ1) is 11.4. The summed E-state index contributed by atoms with van der Waals surface area (Å²) in [5, 5.41) is 2.64. The number of aromatic amines is 1. The van der Waals surface area contributed by atoms with E-state index in [9.17, 15) is 14.4 Å². The Labute approximate surface area is 143 Å². The molecule has 4 N–H and O–H groups in total. The summed E-state index contributed by atoms with van der Waals surface area (Å²) >= 11 is 1.14. The first kappa shape index (κ1) is 17.7. The molecule has 24 heavy (non-hydrogen) atoms. The molecule has 2 aromatic rings. The van der Waals surface area contributed by atoms with Gasteiger partial charge < -0.3 is 16.0 Å². The van der Waals surface area contributed by atoms with E-state index in [1.54, 1.807) is 24.3 Å². The number of benzene rings is 1. The van der Waals surface area contributed by atoms with Gasteiger partial charge in [0, 0.05) is 17.3 Å². The SMILES string of the molecule is CCC(Sc1nc(N)cc(=O)[nH]1)C(=O)Nc1ccc(C(C)=O)cc1. The van der Waals surface area contributed by atoms with Gasteiger partial charge in [0.05, 0.1) is 5.25 Å². The van der Waals surface area contributed by atoms with Crippen molar-refractivity contribution in [1.82, 2.24) is 9.97 Å². The minimum Gasteiger partial charge on any atom is -0.383 e. The highest BCUT2D eigenvalue weighted by Crippen LogP contribution is 2.23. The summed E-state index contributed by atoms with van der Waals surface area (Å²) in [6, 6.07) is 7.84. The highest BCUT2D eigenvalue weighted by molar-refractivity contribution is 8.00. The normalized spacial score (nSPS) is 11.8. The minimum atomic E-state index is -0.442. The standard InChI is InChI=1S/C16H18N4O3S/c1-3-12(24-16-19-13(17)8-14(22)20-16)15(23)18-11-6-4-10(5-7-11)9(2)21/h4-8,12H,3H2,1-2H3,(H,18,23)(H3,17,19,20,22). The number of ketones is 1. The lowest BCUT2D eigenvalue weighted by molar-refractivity contribution is -0.115. The number of nitrogens with one attached hydrogen (secondary N) is 2. The molecule has 0 saturated carbocycles. The number of nitrogens with zero attached hydrogens (tertiary/aromatic N) is 1. The van der Waals surface area contributed by atoms with Crippen LogP contribution >= 0.6 is 11.8 Å². The van der Waals surface area contributed by atoms with Gasteiger partial charge >= 0.3 is 0 Å². The fraction of sp³-hybridized carbons (Fsp3) is 0.250. The predicted octanol–water partition coefficient (Wildman–Crippen LogP) is 2.06. The molecule has 2 rings (SSSR count). The molecule has 1 unspecified atom stereocenters. The Kier molecular flexibility index (Phi) is 5.75. The molecule has 0 aliphatic rings. The van der Waals surface area contributed by atoms with E-state index in [0.29, 0.717) is 22.8 Å². The van der Waals surface area contributed by atoms with Crippen LogP contribution in [0.15, 0.2) is 40.3 Å². The molecular formula is C16H18N4O3S. The van der Waals surface area contributed by atoms with Crippen LogP contribution in [0.3, 0.4) is 0 Å². The molecule has 0 bridgehead atoms. The Bertz CT molecular complexity index is 802. The van der Waals surface area contributed by atoms with E-state index in [1.165, 1.54) is 13.0 Å². The quantitative estimate of drug-likeness (QED) is 0.419. The molecule has 1 aromatic carbocycles. The number of nitrogen functional groups attached to an aromatic ring is 1. The summed E-state index contributed by atoms with van der Waals surface area (Å²) in [6.07, 6.45) is 0.542. The van der Waals surface area contributed by atoms with Gasteiger partial charge in [-0.3, -0.25) is 14.4 Å². The molecule has 1 amide bonds. The van der Waals surface area contributed by atoms with Gasteiger partial charge in [-0.1, -0.05) is 18.7 Å². The van der Waals surface area contributed by atoms with Crippen LogP contribution in [0, 0.1) is 0 Å². The largest absolute Gasteiger partial charge is 0.383 e. The molecule has 1 heterocycles. The van der Waals surface area contributed by atoms with Crippen LogP contribution in [0.2, 0.25) is 0 Å².